The van der Waals surface area contributed by atoms with Crippen LogP contribution < -0.4 is 0 Å². The first-order valence-electron chi connectivity index (χ1n) is 18.8. The largest absolute Gasteiger partial charge is 0.308 e. The summed E-state index contributed by atoms with van der Waals surface area (Å²) >= 11 is 0. The molecule has 0 radical (unpaired) electrons. The molecule has 11 rings (SSSR count). The molecule has 0 atom stereocenters. The monoisotopic (exact) mass is 715 g/mol. The first-order valence-corrected chi connectivity index (χ1v) is 18.8. The second kappa shape index (κ2) is 13.0. The van der Waals surface area contributed by atoms with Crippen LogP contribution in [0.4, 0.5) is 0 Å². The summed E-state index contributed by atoms with van der Waals surface area (Å²) < 4.78 is 4.67. The van der Waals surface area contributed by atoms with Gasteiger partial charge in [0.25, 0.3) is 0 Å². The molecule has 0 bridgehead atoms. The summed E-state index contributed by atoms with van der Waals surface area (Å²) in [6.45, 7) is 0. The lowest BCUT2D eigenvalue weighted by molar-refractivity contribution is 1.13. The maximum absolute atomic E-state index is 4.95. The summed E-state index contributed by atoms with van der Waals surface area (Å²) in [5.41, 5.74) is 17.5. The fourth-order valence-corrected chi connectivity index (χ4v) is 8.42. The van der Waals surface area contributed by atoms with Gasteiger partial charge in [-0.3, -0.25) is 15.0 Å². The summed E-state index contributed by atoms with van der Waals surface area (Å²) in [4.78, 5) is 14.6. The number of fused-ring (bicyclic) bond motifs is 6. The molecule has 0 saturated carbocycles. The molecule has 0 aliphatic carbocycles. The Balaban J connectivity index is 1.06. The third-order valence-corrected chi connectivity index (χ3v) is 10.9. The van der Waals surface area contributed by atoms with Gasteiger partial charge in [0.1, 0.15) is 0 Å². The highest BCUT2D eigenvalue weighted by Crippen LogP contribution is 2.40. The van der Waals surface area contributed by atoms with Crippen molar-refractivity contribution >= 4 is 43.9 Å². The molecule has 6 aromatic carbocycles. The fraction of sp³-hybridized carbons (Fsp3) is 0. The number of hydrogen-bond acceptors (Lipinski definition) is 3. The minimum absolute atomic E-state index is 0.953. The van der Waals surface area contributed by atoms with Crippen LogP contribution in [0.3, 0.4) is 0 Å². The van der Waals surface area contributed by atoms with Gasteiger partial charge in [-0.15, -0.1) is 0 Å². The molecule has 0 spiro atoms. The van der Waals surface area contributed by atoms with Gasteiger partial charge >= 0.3 is 0 Å². The van der Waals surface area contributed by atoms with Gasteiger partial charge in [-0.25, -0.2) is 0 Å². The van der Waals surface area contributed by atoms with E-state index in [0.717, 1.165) is 83.2 Å². The zero-order valence-corrected chi connectivity index (χ0v) is 30.3. The number of nitrogens with zero attached hydrogens (tertiary/aromatic N) is 5. The number of aromatic nitrogens is 5. The van der Waals surface area contributed by atoms with E-state index in [1.165, 1.54) is 16.7 Å². The summed E-state index contributed by atoms with van der Waals surface area (Å²) in [5, 5.41) is 2.22. The van der Waals surface area contributed by atoms with Crippen molar-refractivity contribution in [3.8, 4) is 56.0 Å². The molecule has 0 N–H and O–H groups in total. The molecule has 11 aromatic rings. The molecule has 5 nitrogen and oxygen atoms in total. The zero-order valence-electron chi connectivity index (χ0n) is 30.3. The molecule has 5 heteroatoms. The summed E-state index contributed by atoms with van der Waals surface area (Å²) in [5.74, 6) is 0. The van der Waals surface area contributed by atoms with Gasteiger partial charge in [-0.2, -0.15) is 0 Å². The van der Waals surface area contributed by atoms with E-state index in [1.54, 1.807) is 0 Å². The zero-order chi connectivity index (χ0) is 37.0. The molecule has 56 heavy (non-hydrogen) atoms. The smallest absolute Gasteiger partial charge is 0.0963 e. The first kappa shape index (κ1) is 31.9. The minimum Gasteiger partial charge on any atom is -0.308 e. The van der Waals surface area contributed by atoms with Crippen LogP contribution in [0, 0.1) is 0 Å². The van der Waals surface area contributed by atoms with Crippen molar-refractivity contribution in [3.63, 3.8) is 0 Å². The van der Waals surface area contributed by atoms with Crippen molar-refractivity contribution in [2.24, 2.45) is 0 Å². The maximum atomic E-state index is 4.95. The van der Waals surface area contributed by atoms with E-state index in [4.69, 9.17) is 9.97 Å². The summed E-state index contributed by atoms with van der Waals surface area (Å²) in [6.07, 6.45) is 5.62. The lowest BCUT2D eigenvalue weighted by Crippen LogP contribution is -1.98. The Kier molecular flexibility index (Phi) is 7.42. The summed E-state index contributed by atoms with van der Waals surface area (Å²) in [6, 6.07) is 64.5. The molecule has 0 aliphatic rings. The molecule has 0 aliphatic heterocycles. The quantitative estimate of drug-likeness (QED) is 0.172. The predicted molar refractivity (Wildman–Crippen MR) is 230 cm³/mol. The van der Waals surface area contributed by atoms with Crippen molar-refractivity contribution in [2.45, 2.75) is 0 Å². The predicted octanol–water partition coefficient (Wildman–Crippen LogP) is 12.7. The molecular weight excluding hydrogens is 683 g/mol. The molecule has 0 saturated heterocycles. The lowest BCUT2D eigenvalue weighted by Gasteiger charge is -2.13. The topological polar surface area (TPSA) is 48.5 Å². The number of rotatable bonds is 6. The van der Waals surface area contributed by atoms with Crippen molar-refractivity contribution in [1.29, 1.82) is 0 Å². The Hall–Kier alpha value is -7.63. The van der Waals surface area contributed by atoms with E-state index < -0.39 is 0 Å². The van der Waals surface area contributed by atoms with E-state index in [0.29, 0.717) is 0 Å². The van der Waals surface area contributed by atoms with E-state index in [9.17, 15) is 0 Å². The van der Waals surface area contributed by atoms with Crippen LogP contribution in [-0.4, -0.2) is 24.1 Å². The molecule has 0 fully saturated rings. The van der Waals surface area contributed by atoms with Gasteiger partial charge in [0.15, 0.2) is 0 Å². The second-order valence-electron chi connectivity index (χ2n) is 14.1. The van der Waals surface area contributed by atoms with Crippen molar-refractivity contribution < 1.29 is 0 Å². The standard InChI is InChI=1S/C51H33N5/c1-2-13-34(14-3-1)39-17-4-5-18-40(39)35-24-26-46-43(31-35)50-48(22-11-29-53-50)55(46)37-15-10-16-38(33-37)56-47-27-25-36(32-44(47)51-49(56)23-12-30-54-51)41-19-6-7-20-42(41)45-21-8-9-28-52-45/h1-33H. The Labute approximate surface area is 323 Å². The SMILES string of the molecule is c1ccc(-c2ccccc2-c2ccc3c(c2)c2ncccc2n3-c2cccc(-n3c4ccc(-c5ccccc5-c5ccccn5)cc4c4ncccc43)c2)cc1. The highest BCUT2D eigenvalue weighted by atomic mass is 15.0. The third-order valence-electron chi connectivity index (χ3n) is 10.9. The highest BCUT2D eigenvalue weighted by Gasteiger charge is 2.19. The minimum atomic E-state index is 0.953. The van der Waals surface area contributed by atoms with Crippen molar-refractivity contribution in [3.05, 3.63) is 201 Å². The van der Waals surface area contributed by atoms with Crippen molar-refractivity contribution in [2.75, 3.05) is 0 Å². The van der Waals surface area contributed by atoms with Gasteiger partial charge in [-0.1, -0.05) is 103 Å². The van der Waals surface area contributed by atoms with Crippen LogP contribution >= 0.6 is 0 Å². The molecule has 262 valence electrons. The molecule has 5 aromatic heterocycles. The van der Waals surface area contributed by atoms with Crippen LogP contribution in [0.5, 0.6) is 0 Å². The van der Waals surface area contributed by atoms with E-state index in [1.807, 2.05) is 42.9 Å². The lowest BCUT2D eigenvalue weighted by atomic mass is 9.94. The van der Waals surface area contributed by atoms with Crippen LogP contribution in [0.15, 0.2) is 201 Å². The Morgan fingerprint density at radius 1 is 0.304 bits per heavy atom. The molecular formula is C51H33N5. The van der Waals surface area contributed by atoms with Crippen LogP contribution in [-0.2, 0) is 0 Å². The fourth-order valence-electron chi connectivity index (χ4n) is 8.42. The average Bonchev–Trinajstić information content (AvgIpc) is 3.79. The highest BCUT2D eigenvalue weighted by molar-refractivity contribution is 6.10. The van der Waals surface area contributed by atoms with E-state index >= 15 is 0 Å². The van der Waals surface area contributed by atoms with Gasteiger partial charge in [0.2, 0.25) is 0 Å². The number of pyridine rings is 3. The molecule has 0 unspecified atom stereocenters. The normalized spacial score (nSPS) is 11.6. The Morgan fingerprint density at radius 3 is 1.38 bits per heavy atom. The van der Waals surface area contributed by atoms with Gasteiger partial charge < -0.3 is 9.13 Å². The van der Waals surface area contributed by atoms with E-state index in [-0.39, 0.29) is 0 Å². The third kappa shape index (κ3) is 5.13. The Bertz CT molecular complexity index is 3030. The van der Waals surface area contributed by atoms with Crippen LogP contribution in [0.25, 0.3) is 99.9 Å². The Morgan fingerprint density at radius 2 is 0.804 bits per heavy atom. The molecule has 0 amide bonds. The first-order chi connectivity index (χ1) is 27.8. The summed E-state index contributed by atoms with van der Waals surface area (Å²) in [7, 11) is 0. The number of hydrogen-bond donors (Lipinski definition) is 0. The maximum Gasteiger partial charge on any atom is 0.0963 e. The van der Waals surface area contributed by atoms with E-state index in [2.05, 4.69) is 172 Å². The van der Waals surface area contributed by atoms with Crippen LogP contribution in [0.2, 0.25) is 0 Å². The van der Waals surface area contributed by atoms with Gasteiger partial charge in [0, 0.05) is 46.3 Å². The molecule has 5 heterocycles. The second-order valence-corrected chi connectivity index (χ2v) is 14.1. The van der Waals surface area contributed by atoms with Crippen molar-refractivity contribution in [1.82, 2.24) is 24.1 Å². The average molecular weight is 716 g/mol. The van der Waals surface area contributed by atoms with Crippen LogP contribution in [0.1, 0.15) is 0 Å². The number of benzene rings is 6. The van der Waals surface area contributed by atoms with Gasteiger partial charge in [0.05, 0.1) is 38.8 Å². The van der Waals surface area contributed by atoms with Gasteiger partial charge in [-0.05, 0) is 112 Å².